The van der Waals surface area contributed by atoms with Crippen molar-refractivity contribution in [3.8, 4) is 0 Å². The topological polar surface area (TPSA) is 24.9 Å². The number of aromatic nitrogens is 1. The third-order valence-electron chi connectivity index (χ3n) is 3.94. The van der Waals surface area contributed by atoms with Crippen molar-refractivity contribution in [3.63, 3.8) is 0 Å². The molecule has 2 nitrogen and oxygen atoms in total. The zero-order valence-electron chi connectivity index (χ0n) is 10.7. The molecule has 1 fully saturated rings. The van der Waals surface area contributed by atoms with Gasteiger partial charge in [-0.05, 0) is 48.4 Å². The fourth-order valence-corrected chi connectivity index (χ4v) is 2.88. The first-order valence-electron chi connectivity index (χ1n) is 6.95. The molecule has 0 atom stereocenters. The number of hydrogen-bond donors (Lipinski definition) is 1. The zero-order chi connectivity index (χ0) is 12.2. The van der Waals surface area contributed by atoms with Crippen LogP contribution in [0.5, 0.6) is 0 Å². The summed E-state index contributed by atoms with van der Waals surface area (Å²) in [5, 5.41) is 6.09. The predicted molar refractivity (Wildman–Crippen MR) is 75.4 cm³/mol. The molecule has 0 amide bonds. The second-order valence-electron chi connectivity index (χ2n) is 5.34. The van der Waals surface area contributed by atoms with E-state index in [9.17, 15) is 0 Å². The maximum absolute atomic E-state index is 4.14. The van der Waals surface area contributed by atoms with Crippen molar-refractivity contribution in [2.75, 3.05) is 6.54 Å². The van der Waals surface area contributed by atoms with Gasteiger partial charge < -0.3 is 5.32 Å². The minimum Gasteiger partial charge on any atom is -0.312 e. The molecular weight excluding hydrogens is 220 g/mol. The summed E-state index contributed by atoms with van der Waals surface area (Å²) in [6.07, 6.45) is 9.46. The lowest BCUT2D eigenvalue weighted by atomic mass is 10.1. The molecule has 0 saturated heterocycles. The Balaban J connectivity index is 1.60. The van der Waals surface area contributed by atoms with Gasteiger partial charge in [0.05, 0.1) is 0 Å². The van der Waals surface area contributed by atoms with Gasteiger partial charge in [-0.25, -0.2) is 0 Å². The van der Waals surface area contributed by atoms with E-state index in [0.29, 0.717) is 0 Å². The number of fused-ring (bicyclic) bond motifs is 1. The molecule has 1 aliphatic carbocycles. The van der Waals surface area contributed by atoms with E-state index in [2.05, 4.69) is 34.6 Å². The largest absolute Gasteiger partial charge is 0.312 e. The summed E-state index contributed by atoms with van der Waals surface area (Å²) < 4.78 is 0. The number of hydrogen-bond acceptors (Lipinski definition) is 2. The van der Waals surface area contributed by atoms with Gasteiger partial charge in [-0.1, -0.05) is 25.0 Å². The molecule has 2 heteroatoms. The maximum atomic E-state index is 4.14. The van der Waals surface area contributed by atoms with Crippen molar-refractivity contribution >= 4 is 10.8 Å². The van der Waals surface area contributed by atoms with Gasteiger partial charge in [0.1, 0.15) is 0 Å². The molecular formula is C16H20N2. The summed E-state index contributed by atoms with van der Waals surface area (Å²) in [5.74, 6) is 0.912. The number of rotatable bonds is 4. The van der Waals surface area contributed by atoms with E-state index in [1.807, 2.05) is 12.4 Å². The number of nitrogens with zero attached hydrogens (tertiary/aromatic N) is 1. The molecule has 0 spiro atoms. The molecule has 1 aliphatic rings. The zero-order valence-corrected chi connectivity index (χ0v) is 10.7. The summed E-state index contributed by atoms with van der Waals surface area (Å²) in [6, 6.07) is 8.70. The predicted octanol–water partition coefficient (Wildman–Crippen LogP) is 3.51. The van der Waals surface area contributed by atoms with Gasteiger partial charge in [0.15, 0.2) is 0 Å². The highest BCUT2D eigenvalue weighted by Gasteiger charge is 2.13. The third-order valence-corrected chi connectivity index (χ3v) is 3.94. The molecule has 0 unspecified atom stereocenters. The first kappa shape index (κ1) is 11.7. The van der Waals surface area contributed by atoms with Gasteiger partial charge in [-0.15, -0.1) is 0 Å². The van der Waals surface area contributed by atoms with Gasteiger partial charge in [0, 0.05) is 24.3 Å². The van der Waals surface area contributed by atoms with Crippen LogP contribution in [0, 0.1) is 5.92 Å². The van der Waals surface area contributed by atoms with Gasteiger partial charge >= 0.3 is 0 Å². The maximum Gasteiger partial charge on any atom is 0.0346 e. The molecule has 1 saturated carbocycles. The molecule has 0 radical (unpaired) electrons. The standard InChI is InChI=1S/C16H20N2/c1-2-4-13(3-1)10-18-11-14-5-6-16-12-17-8-7-15(16)9-14/h5-9,12-13,18H,1-4,10-11H2. The summed E-state index contributed by atoms with van der Waals surface area (Å²) in [7, 11) is 0. The van der Waals surface area contributed by atoms with Crippen LogP contribution < -0.4 is 5.32 Å². The Bertz CT molecular complexity index is 515. The minimum atomic E-state index is 0.912. The SMILES string of the molecule is c1cc2cc(CNCC3CCCC3)ccc2cn1. The van der Waals surface area contributed by atoms with Crippen molar-refractivity contribution in [3.05, 3.63) is 42.2 Å². The van der Waals surface area contributed by atoms with Crippen LogP contribution in [-0.2, 0) is 6.54 Å². The summed E-state index contributed by atoms with van der Waals surface area (Å²) in [5.41, 5.74) is 1.37. The Hall–Kier alpha value is -1.41. The van der Waals surface area contributed by atoms with E-state index < -0.39 is 0 Å². The normalized spacial score (nSPS) is 16.4. The molecule has 18 heavy (non-hydrogen) atoms. The van der Waals surface area contributed by atoms with Crippen molar-refractivity contribution in [2.45, 2.75) is 32.2 Å². The van der Waals surface area contributed by atoms with Crippen LogP contribution in [0.4, 0.5) is 0 Å². The number of nitrogens with one attached hydrogen (secondary N) is 1. The van der Waals surface area contributed by atoms with E-state index in [0.717, 1.165) is 12.5 Å². The Morgan fingerprint density at radius 2 is 2.00 bits per heavy atom. The van der Waals surface area contributed by atoms with Gasteiger partial charge in [0.25, 0.3) is 0 Å². The van der Waals surface area contributed by atoms with Crippen molar-refractivity contribution in [2.24, 2.45) is 5.92 Å². The van der Waals surface area contributed by atoms with Crippen LogP contribution in [-0.4, -0.2) is 11.5 Å². The van der Waals surface area contributed by atoms with E-state index in [1.54, 1.807) is 0 Å². The number of benzene rings is 1. The lowest BCUT2D eigenvalue weighted by Crippen LogP contribution is -2.20. The van der Waals surface area contributed by atoms with Crippen LogP contribution in [0.1, 0.15) is 31.2 Å². The monoisotopic (exact) mass is 240 g/mol. The Kier molecular flexibility index (Phi) is 3.56. The molecule has 1 heterocycles. The van der Waals surface area contributed by atoms with Crippen LogP contribution in [0.15, 0.2) is 36.7 Å². The van der Waals surface area contributed by atoms with Crippen molar-refractivity contribution in [1.29, 1.82) is 0 Å². The van der Waals surface area contributed by atoms with Gasteiger partial charge in [-0.2, -0.15) is 0 Å². The highest BCUT2D eigenvalue weighted by Crippen LogP contribution is 2.23. The highest BCUT2D eigenvalue weighted by atomic mass is 14.9. The van der Waals surface area contributed by atoms with Crippen LogP contribution in [0.2, 0.25) is 0 Å². The Morgan fingerprint density at radius 1 is 1.11 bits per heavy atom. The quantitative estimate of drug-likeness (QED) is 0.884. The Morgan fingerprint density at radius 3 is 2.89 bits per heavy atom. The third kappa shape index (κ3) is 2.70. The average Bonchev–Trinajstić information content (AvgIpc) is 2.92. The van der Waals surface area contributed by atoms with E-state index >= 15 is 0 Å². The van der Waals surface area contributed by atoms with E-state index in [-0.39, 0.29) is 0 Å². The summed E-state index contributed by atoms with van der Waals surface area (Å²) >= 11 is 0. The van der Waals surface area contributed by atoms with Gasteiger partial charge in [-0.3, -0.25) is 4.98 Å². The molecule has 1 N–H and O–H groups in total. The van der Waals surface area contributed by atoms with E-state index in [4.69, 9.17) is 0 Å². The molecule has 1 aromatic heterocycles. The fourth-order valence-electron chi connectivity index (χ4n) is 2.88. The van der Waals surface area contributed by atoms with Crippen molar-refractivity contribution in [1.82, 2.24) is 10.3 Å². The molecule has 0 aliphatic heterocycles. The second kappa shape index (κ2) is 5.49. The smallest absolute Gasteiger partial charge is 0.0346 e. The number of pyridine rings is 1. The summed E-state index contributed by atoms with van der Waals surface area (Å²) in [4.78, 5) is 4.14. The lowest BCUT2D eigenvalue weighted by Gasteiger charge is -2.10. The second-order valence-corrected chi connectivity index (χ2v) is 5.34. The summed E-state index contributed by atoms with van der Waals surface area (Å²) in [6.45, 7) is 2.16. The Labute approximate surface area is 108 Å². The van der Waals surface area contributed by atoms with Crippen LogP contribution in [0.25, 0.3) is 10.8 Å². The minimum absolute atomic E-state index is 0.912. The first-order chi connectivity index (χ1) is 8.92. The molecule has 2 aromatic rings. The van der Waals surface area contributed by atoms with Gasteiger partial charge in [0.2, 0.25) is 0 Å². The molecule has 94 valence electrons. The van der Waals surface area contributed by atoms with E-state index in [1.165, 1.54) is 48.6 Å². The van der Waals surface area contributed by atoms with Crippen LogP contribution in [0.3, 0.4) is 0 Å². The first-order valence-corrected chi connectivity index (χ1v) is 6.95. The molecule has 3 rings (SSSR count). The highest BCUT2D eigenvalue weighted by molar-refractivity contribution is 5.81. The molecule has 0 bridgehead atoms. The lowest BCUT2D eigenvalue weighted by molar-refractivity contribution is 0.489. The molecule has 1 aromatic carbocycles. The van der Waals surface area contributed by atoms with Crippen molar-refractivity contribution < 1.29 is 0 Å². The fraction of sp³-hybridized carbons (Fsp3) is 0.438. The van der Waals surface area contributed by atoms with Crippen LogP contribution >= 0.6 is 0 Å². The average molecular weight is 240 g/mol.